The highest BCUT2D eigenvalue weighted by Crippen LogP contribution is 2.35. The second-order valence-corrected chi connectivity index (χ2v) is 10.1. The summed E-state index contributed by atoms with van der Waals surface area (Å²) in [5, 5.41) is 11.4. The molecule has 1 atom stereocenters. The number of hydrogen-bond donors (Lipinski definition) is 2. The first-order valence-electron chi connectivity index (χ1n) is 8.25. The maximum absolute atomic E-state index is 12.8. The molecule has 2 aromatic carbocycles. The fourth-order valence-corrected chi connectivity index (χ4v) is 3.74. The van der Waals surface area contributed by atoms with Crippen LogP contribution in [0.4, 0.5) is 24.5 Å². The van der Waals surface area contributed by atoms with E-state index in [0.717, 1.165) is 15.5 Å². The van der Waals surface area contributed by atoms with Gasteiger partial charge in [-0.05, 0) is 49.4 Å². The molecule has 0 radical (unpaired) electrons. The average Bonchev–Trinajstić information content (AvgIpc) is 2.62. The van der Waals surface area contributed by atoms with E-state index < -0.39 is 27.7 Å². The predicted octanol–water partition coefficient (Wildman–Crippen LogP) is 4.14. The first-order chi connectivity index (χ1) is 13.6. The van der Waals surface area contributed by atoms with Gasteiger partial charge in [-0.15, -0.1) is 0 Å². The van der Waals surface area contributed by atoms with Crippen LogP contribution in [0, 0.1) is 0 Å². The Kier molecular flexibility index (Phi) is 7.02. The lowest BCUT2D eigenvalue weighted by molar-refractivity contribution is -0.242. The molecule has 0 aromatic heterocycles. The number of halogens is 4. The fraction of sp³-hybridized carbons (Fsp3) is 0.278. The number of alkyl halides is 3. The van der Waals surface area contributed by atoms with Crippen molar-refractivity contribution in [1.29, 1.82) is 0 Å². The summed E-state index contributed by atoms with van der Waals surface area (Å²) in [6.07, 6.45) is -4.05. The van der Waals surface area contributed by atoms with Crippen LogP contribution in [-0.4, -0.2) is 44.5 Å². The number of sulfonamides is 1. The smallest absolute Gasteiger partial charge is 0.373 e. The Labute approximate surface area is 181 Å². The van der Waals surface area contributed by atoms with Crippen LogP contribution in [0.15, 0.2) is 52.3 Å². The second kappa shape index (κ2) is 8.66. The van der Waals surface area contributed by atoms with Crippen molar-refractivity contribution in [2.45, 2.75) is 28.5 Å². The van der Waals surface area contributed by atoms with Gasteiger partial charge < -0.3 is 10.4 Å². The summed E-state index contributed by atoms with van der Waals surface area (Å²) in [5.41, 5.74) is -3.17. The number of carbonyl (C=O) groups is 1. The SMILES string of the molecule is CN(c1ccc(Sc2ccc(NC(=O)[C@@](C)(O)C(F)(F)F)c(Cl)c2)cc1)S(C)(=O)=O. The van der Waals surface area contributed by atoms with Crippen LogP contribution in [0.5, 0.6) is 0 Å². The van der Waals surface area contributed by atoms with Gasteiger partial charge in [-0.2, -0.15) is 13.2 Å². The Hall–Kier alpha value is -1.95. The third kappa shape index (κ3) is 5.60. The lowest BCUT2D eigenvalue weighted by Gasteiger charge is -2.25. The van der Waals surface area contributed by atoms with Crippen LogP contribution in [0.25, 0.3) is 0 Å². The molecule has 0 aliphatic carbocycles. The van der Waals surface area contributed by atoms with Crippen LogP contribution < -0.4 is 9.62 Å². The molecule has 0 aliphatic heterocycles. The van der Waals surface area contributed by atoms with Crippen molar-refractivity contribution < 1.29 is 31.5 Å². The molecule has 0 saturated carbocycles. The molecule has 0 heterocycles. The summed E-state index contributed by atoms with van der Waals surface area (Å²) in [4.78, 5) is 13.2. The molecular formula is C18H18ClF3N2O4S2. The highest BCUT2D eigenvalue weighted by atomic mass is 35.5. The summed E-state index contributed by atoms with van der Waals surface area (Å²) in [6, 6.07) is 10.9. The molecule has 12 heteroatoms. The predicted molar refractivity (Wildman–Crippen MR) is 111 cm³/mol. The Morgan fingerprint density at radius 2 is 1.67 bits per heavy atom. The minimum Gasteiger partial charge on any atom is -0.373 e. The lowest BCUT2D eigenvalue weighted by Crippen LogP contribution is -2.52. The monoisotopic (exact) mass is 482 g/mol. The zero-order chi connectivity index (χ0) is 22.9. The van der Waals surface area contributed by atoms with Gasteiger partial charge in [0.1, 0.15) is 0 Å². The highest BCUT2D eigenvalue weighted by Gasteiger charge is 2.55. The molecule has 2 N–H and O–H groups in total. The average molecular weight is 483 g/mol. The van der Waals surface area contributed by atoms with Crippen molar-refractivity contribution in [1.82, 2.24) is 0 Å². The zero-order valence-electron chi connectivity index (χ0n) is 16.0. The van der Waals surface area contributed by atoms with Gasteiger partial charge in [0.2, 0.25) is 15.6 Å². The Balaban J connectivity index is 2.13. The highest BCUT2D eigenvalue weighted by molar-refractivity contribution is 7.99. The molecule has 0 bridgehead atoms. The van der Waals surface area contributed by atoms with E-state index in [1.807, 2.05) is 5.32 Å². The van der Waals surface area contributed by atoms with Gasteiger partial charge in [-0.3, -0.25) is 9.10 Å². The number of amides is 1. The third-order valence-corrected chi connectivity index (χ3v) is 6.63. The molecule has 0 fully saturated rings. The Bertz CT molecular complexity index is 1040. The van der Waals surface area contributed by atoms with Gasteiger partial charge >= 0.3 is 6.18 Å². The van der Waals surface area contributed by atoms with Gasteiger partial charge in [0.25, 0.3) is 5.91 Å². The molecule has 30 heavy (non-hydrogen) atoms. The van der Waals surface area contributed by atoms with E-state index in [9.17, 15) is 31.5 Å². The second-order valence-electron chi connectivity index (χ2n) is 6.49. The summed E-state index contributed by atoms with van der Waals surface area (Å²) in [7, 11) is -1.95. The Morgan fingerprint density at radius 1 is 1.13 bits per heavy atom. The summed E-state index contributed by atoms with van der Waals surface area (Å²) < 4.78 is 62.5. The molecule has 6 nitrogen and oxygen atoms in total. The summed E-state index contributed by atoms with van der Waals surface area (Å²) in [5.74, 6) is -1.65. The number of nitrogens with zero attached hydrogens (tertiary/aromatic N) is 1. The molecule has 2 aromatic rings. The van der Waals surface area contributed by atoms with E-state index in [2.05, 4.69) is 0 Å². The fourth-order valence-electron chi connectivity index (χ4n) is 2.09. The maximum Gasteiger partial charge on any atom is 0.426 e. The van der Waals surface area contributed by atoms with Crippen molar-refractivity contribution in [3.8, 4) is 0 Å². The van der Waals surface area contributed by atoms with Crippen LogP contribution >= 0.6 is 23.4 Å². The van der Waals surface area contributed by atoms with Crippen LogP contribution in [0.1, 0.15) is 6.92 Å². The zero-order valence-corrected chi connectivity index (χ0v) is 18.4. The van der Waals surface area contributed by atoms with E-state index >= 15 is 0 Å². The lowest BCUT2D eigenvalue weighted by atomic mass is 10.1. The van der Waals surface area contributed by atoms with E-state index in [0.29, 0.717) is 17.5 Å². The van der Waals surface area contributed by atoms with Crippen LogP contribution in [-0.2, 0) is 14.8 Å². The number of hydrogen-bond acceptors (Lipinski definition) is 5. The quantitative estimate of drug-likeness (QED) is 0.646. The molecular weight excluding hydrogens is 465 g/mol. The van der Waals surface area contributed by atoms with Crippen molar-refractivity contribution in [2.75, 3.05) is 22.9 Å². The van der Waals surface area contributed by atoms with E-state index in [1.165, 1.54) is 37.0 Å². The standard InChI is InChI=1S/C18H18ClF3N2O4S2/c1-17(26,18(20,21)22)16(25)23-15-9-8-13(10-14(15)19)29-12-6-4-11(5-7-12)24(2)30(3,27)28/h4-10,26H,1-3H3,(H,23,25)/t17-/m1/s1. The number of benzene rings is 2. The third-order valence-electron chi connectivity index (χ3n) is 4.12. The number of rotatable bonds is 6. The van der Waals surface area contributed by atoms with Crippen molar-refractivity contribution in [2.24, 2.45) is 0 Å². The number of nitrogens with one attached hydrogen (secondary N) is 1. The molecule has 164 valence electrons. The molecule has 1 amide bonds. The van der Waals surface area contributed by atoms with Crippen molar-refractivity contribution >= 4 is 50.7 Å². The van der Waals surface area contributed by atoms with Gasteiger partial charge in [0.15, 0.2) is 0 Å². The summed E-state index contributed by atoms with van der Waals surface area (Å²) >= 11 is 7.33. The normalized spacial score (nSPS) is 14.1. The first kappa shape index (κ1) is 24.3. The number of carbonyl (C=O) groups excluding carboxylic acids is 1. The van der Waals surface area contributed by atoms with E-state index in [1.54, 1.807) is 24.3 Å². The number of anilines is 2. The molecule has 0 spiro atoms. The minimum atomic E-state index is -5.14. The minimum absolute atomic E-state index is 0.0141. The summed E-state index contributed by atoms with van der Waals surface area (Å²) in [6.45, 7) is 0.353. The van der Waals surface area contributed by atoms with E-state index in [4.69, 9.17) is 11.6 Å². The van der Waals surface area contributed by atoms with Gasteiger partial charge in [-0.25, -0.2) is 8.42 Å². The van der Waals surface area contributed by atoms with Gasteiger partial charge in [0.05, 0.1) is 22.7 Å². The van der Waals surface area contributed by atoms with Crippen molar-refractivity contribution in [3.05, 3.63) is 47.5 Å². The molecule has 0 aliphatic rings. The van der Waals surface area contributed by atoms with Crippen molar-refractivity contribution in [3.63, 3.8) is 0 Å². The van der Waals surface area contributed by atoms with Gasteiger partial charge in [0, 0.05) is 16.8 Å². The molecule has 2 rings (SSSR count). The largest absolute Gasteiger partial charge is 0.426 e. The van der Waals surface area contributed by atoms with Crippen LogP contribution in [0.2, 0.25) is 5.02 Å². The molecule has 0 saturated heterocycles. The number of aliphatic hydroxyl groups is 1. The van der Waals surface area contributed by atoms with Gasteiger partial charge in [-0.1, -0.05) is 23.4 Å². The van der Waals surface area contributed by atoms with E-state index in [-0.39, 0.29) is 10.7 Å². The maximum atomic E-state index is 12.8. The van der Waals surface area contributed by atoms with Crippen LogP contribution in [0.3, 0.4) is 0 Å². The first-order valence-corrected chi connectivity index (χ1v) is 11.3. The topological polar surface area (TPSA) is 86.7 Å². The molecule has 0 unspecified atom stereocenters. The Morgan fingerprint density at radius 3 is 2.13 bits per heavy atom.